The van der Waals surface area contributed by atoms with Crippen LogP contribution in [0.15, 0.2) is 21.2 Å². The molecule has 3 heteroatoms. The van der Waals surface area contributed by atoms with Crippen molar-refractivity contribution in [3.05, 3.63) is 22.6 Å². The lowest BCUT2D eigenvalue weighted by atomic mass is 10.1. The summed E-state index contributed by atoms with van der Waals surface area (Å²) >= 11 is 3.34. The van der Waals surface area contributed by atoms with Crippen LogP contribution in [0.1, 0.15) is 51.3 Å². The highest BCUT2D eigenvalue weighted by molar-refractivity contribution is 9.10. The second kappa shape index (κ2) is 7.07. The van der Waals surface area contributed by atoms with Gasteiger partial charge in [-0.2, -0.15) is 0 Å². The Morgan fingerprint density at radius 3 is 2.67 bits per heavy atom. The van der Waals surface area contributed by atoms with Crippen LogP contribution in [-0.2, 0) is 0 Å². The zero-order chi connectivity index (χ0) is 11.1. The fourth-order valence-corrected chi connectivity index (χ4v) is 1.91. The predicted octanol–water partition coefficient (Wildman–Crippen LogP) is 4.27. The van der Waals surface area contributed by atoms with E-state index in [1.165, 1.54) is 12.8 Å². The van der Waals surface area contributed by atoms with Crippen LogP contribution in [0.3, 0.4) is 0 Å². The molecule has 2 nitrogen and oxygen atoms in total. The van der Waals surface area contributed by atoms with Gasteiger partial charge in [0, 0.05) is 0 Å². The maximum atomic E-state index is 5.59. The quantitative estimate of drug-likeness (QED) is 0.803. The highest BCUT2D eigenvalue weighted by Crippen LogP contribution is 2.24. The van der Waals surface area contributed by atoms with Crippen LogP contribution in [0, 0.1) is 0 Å². The van der Waals surface area contributed by atoms with Gasteiger partial charge in [-0.05, 0) is 47.4 Å². The molecule has 1 rings (SSSR count). The smallest absolute Gasteiger partial charge is 0.169 e. The Morgan fingerprint density at radius 2 is 2.13 bits per heavy atom. The van der Waals surface area contributed by atoms with Gasteiger partial charge in [0.05, 0.1) is 6.04 Å². The molecule has 0 aromatic carbocycles. The Labute approximate surface area is 101 Å². The third kappa shape index (κ3) is 4.39. The molecule has 1 heterocycles. The van der Waals surface area contributed by atoms with Gasteiger partial charge in [0.25, 0.3) is 0 Å². The summed E-state index contributed by atoms with van der Waals surface area (Å²) in [5.41, 5.74) is 0. The van der Waals surface area contributed by atoms with Gasteiger partial charge in [0.2, 0.25) is 0 Å². The molecule has 15 heavy (non-hydrogen) atoms. The lowest BCUT2D eigenvalue weighted by Gasteiger charge is -2.15. The van der Waals surface area contributed by atoms with Gasteiger partial charge >= 0.3 is 0 Å². The first kappa shape index (κ1) is 12.8. The van der Waals surface area contributed by atoms with Gasteiger partial charge in [-0.3, -0.25) is 0 Å². The van der Waals surface area contributed by atoms with Crippen molar-refractivity contribution >= 4 is 15.9 Å². The minimum absolute atomic E-state index is 0.371. The van der Waals surface area contributed by atoms with E-state index in [-0.39, 0.29) is 0 Å². The van der Waals surface area contributed by atoms with Crippen LogP contribution < -0.4 is 5.32 Å². The molecular weight excluding hydrogens is 254 g/mol. The molecule has 0 aliphatic rings. The normalized spacial score (nSPS) is 13.0. The van der Waals surface area contributed by atoms with Crippen LogP contribution in [-0.4, -0.2) is 6.54 Å². The average Bonchev–Trinajstić information content (AvgIpc) is 2.65. The van der Waals surface area contributed by atoms with Gasteiger partial charge in [-0.15, -0.1) is 0 Å². The Kier molecular flexibility index (Phi) is 6.03. The minimum Gasteiger partial charge on any atom is -0.453 e. The molecule has 86 valence electrons. The van der Waals surface area contributed by atoms with Crippen LogP contribution in [0.25, 0.3) is 0 Å². The summed E-state index contributed by atoms with van der Waals surface area (Å²) in [6.45, 7) is 5.45. The first-order valence-electron chi connectivity index (χ1n) is 5.76. The molecule has 0 saturated heterocycles. The second-order valence-electron chi connectivity index (χ2n) is 3.79. The lowest BCUT2D eigenvalue weighted by Crippen LogP contribution is -2.21. The molecule has 0 amide bonds. The molecule has 1 unspecified atom stereocenters. The molecule has 1 aromatic heterocycles. The van der Waals surface area contributed by atoms with Crippen molar-refractivity contribution in [3.8, 4) is 0 Å². The van der Waals surface area contributed by atoms with E-state index in [9.17, 15) is 0 Å². The molecule has 0 saturated carbocycles. The van der Waals surface area contributed by atoms with Crippen LogP contribution in [0.4, 0.5) is 0 Å². The third-order valence-corrected chi connectivity index (χ3v) is 2.85. The summed E-state index contributed by atoms with van der Waals surface area (Å²) in [5.74, 6) is 1.05. The molecule has 0 fully saturated rings. The minimum atomic E-state index is 0.371. The Balaban J connectivity index is 2.54. The van der Waals surface area contributed by atoms with Crippen molar-refractivity contribution in [2.45, 2.75) is 45.6 Å². The second-order valence-corrected chi connectivity index (χ2v) is 4.57. The van der Waals surface area contributed by atoms with Crippen molar-refractivity contribution in [2.75, 3.05) is 6.54 Å². The summed E-state index contributed by atoms with van der Waals surface area (Å²) in [6.07, 6.45) is 4.77. The van der Waals surface area contributed by atoms with Crippen molar-refractivity contribution in [2.24, 2.45) is 0 Å². The largest absolute Gasteiger partial charge is 0.453 e. The molecule has 1 atom stereocenters. The predicted molar refractivity (Wildman–Crippen MR) is 67.0 cm³/mol. The molecule has 1 N–H and O–H groups in total. The molecule has 0 radical (unpaired) electrons. The molecule has 0 aliphatic heterocycles. The van der Waals surface area contributed by atoms with E-state index >= 15 is 0 Å². The molecule has 1 aromatic rings. The van der Waals surface area contributed by atoms with Crippen molar-refractivity contribution in [1.82, 2.24) is 5.32 Å². The van der Waals surface area contributed by atoms with E-state index in [1.807, 2.05) is 12.1 Å². The van der Waals surface area contributed by atoms with Crippen LogP contribution >= 0.6 is 15.9 Å². The zero-order valence-electron chi connectivity index (χ0n) is 9.55. The number of unbranched alkanes of at least 4 members (excludes halogenated alkanes) is 1. The van der Waals surface area contributed by atoms with Gasteiger partial charge in [-0.1, -0.05) is 26.7 Å². The maximum absolute atomic E-state index is 5.59. The number of furan rings is 1. The first-order chi connectivity index (χ1) is 7.27. The number of rotatable bonds is 7. The average molecular weight is 274 g/mol. The van der Waals surface area contributed by atoms with Gasteiger partial charge in [0.1, 0.15) is 5.76 Å². The fraction of sp³-hybridized carbons (Fsp3) is 0.667. The Morgan fingerprint density at radius 1 is 1.33 bits per heavy atom. The number of halogens is 1. The van der Waals surface area contributed by atoms with Crippen LogP contribution in [0.5, 0.6) is 0 Å². The number of hydrogen-bond acceptors (Lipinski definition) is 2. The fourth-order valence-electron chi connectivity index (χ4n) is 1.59. The molecule has 0 aliphatic carbocycles. The van der Waals surface area contributed by atoms with Gasteiger partial charge in [-0.25, -0.2) is 0 Å². The first-order valence-corrected chi connectivity index (χ1v) is 6.55. The summed E-state index contributed by atoms with van der Waals surface area (Å²) in [6, 6.07) is 4.38. The highest BCUT2D eigenvalue weighted by atomic mass is 79.9. The monoisotopic (exact) mass is 273 g/mol. The van der Waals surface area contributed by atoms with E-state index in [1.54, 1.807) is 0 Å². The van der Waals surface area contributed by atoms with Crippen molar-refractivity contribution in [3.63, 3.8) is 0 Å². The summed E-state index contributed by atoms with van der Waals surface area (Å²) in [5, 5.41) is 3.52. The van der Waals surface area contributed by atoms with E-state index in [2.05, 4.69) is 35.1 Å². The van der Waals surface area contributed by atoms with E-state index in [4.69, 9.17) is 4.42 Å². The molecule has 0 spiro atoms. The zero-order valence-corrected chi connectivity index (χ0v) is 11.1. The van der Waals surface area contributed by atoms with Gasteiger partial charge in [0.15, 0.2) is 4.67 Å². The van der Waals surface area contributed by atoms with E-state index in [0.29, 0.717) is 6.04 Å². The van der Waals surface area contributed by atoms with Crippen molar-refractivity contribution in [1.29, 1.82) is 0 Å². The molecule has 0 bridgehead atoms. The lowest BCUT2D eigenvalue weighted by molar-refractivity contribution is 0.380. The maximum Gasteiger partial charge on any atom is 0.169 e. The number of hydrogen-bond donors (Lipinski definition) is 1. The van der Waals surface area contributed by atoms with Crippen LogP contribution in [0.2, 0.25) is 0 Å². The Bertz CT molecular complexity index is 264. The number of nitrogens with one attached hydrogen (secondary N) is 1. The van der Waals surface area contributed by atoms with Gasteiger partial charge < -0.3 is 9.73 Å². The summed E-state index contributed by atoms with van der Waals surface area (Å²) < 4.78 is 6.41. The summed E-state index contributed by atoms with van der Waals surface area (Å²) in [7, 11) is 0. The SMILES string of the molecule is CCCCC(NCCC)c1ccc(Br)o1. The summed E-state index contributed by atoms with van der Waals surface area (Å²) in [4.78, 5) is 0. The highest BCUT2D eigenvalue weighted by Gasteiger charge is 2.13. The third-order valence-electron chi connectivity index (χ3n) is 2.42. The van der Waals surface area contributed by atoms with E-state index < -0.39 is 0 Å². The Hall–Kier alpha value is -0.280. The standard InChI is InChI=1S/C12H20BrNO/c1-3-5-6-10(14-9-4-2)11-7-8-12(13)15-11/h7-8,10,14H,3-6,9H2,1-2H3. The van der Waals surface area contributed by atoms with E-state index in [0.717, 1.165) is 29.8 Å². The van der Waals surface area contributed by atoms with Crippen molar-refractivity contribution < 1.29 is 4.42 Å². The topological polar surface area (TPSA) is 25.2 Å². The molecular formula is C12H20BrNO.